The van der Waals surface area contributed by atoms with Gasteiger partial charge in [-0.3, -0.25) is 4.98 Å². The van der Waals surface area contributed by atoms with Crippen LogP contribution in [0.3, 0.4) is 0 Å². The molecule has 0 bridgehead atoms. The number of hydrogen-bond acceptors (Lipinski definition) is 5. The molecule has 0 spiro atoms. The van der Waals surface area contributed by atoms with Crippen molar-refractivity contribution in [3.8, 4) is 0 Å². The number of para-hydroxylation sites is 2. The van der Waals surface area contributed by atoms with Gasteiger partial charge >= 0.3 is 6.03 Å². The molecule has 1 saturated heterocycles. The Labute approximate surface area is 148 Å². The molecule has 2 aromatic rings. The first kappa shape index (κ1) is 17.0. The van der Waals surface area contributed by atoms with Crippen LogP contribution in [0.5, 0.6) is 0 Å². The number of nitrogens with zero attached hydrogens (tertiary/aromatic N) is 5. The van der Waals surface area contributed by atoms with Gasteiger partial charge in [0.15, 0.2) is 0 Å². The van der Waals surface area contributed by atoms with Crippen LogP contribution in [0.4, 0.5) is 22.0 Å². The molecule has 1 N–H and O–H groups in total. The number of carbonyl (C=O) groups is 1. The van der Waals surface area contributed by atoms with Crippen molar-refractivity contribution in [2.45, 2.75) is 6.92 Å². The number of urea groups is 1. The maximum absolute atomic E-state index is 12.6. The van der Waals surface area contributed by atoms with Crippen LogP contribution in [0.1, 0.15) is 6.92 Å². The molecule has 2 heterocycles. The van der Waals surface area contributed by atoms with Crippen LogP contribution < -0.4 is 15.1 Å². The molecule has 0 saturated carbocycles. The summed E-state index contributed by atoms with van der Waals surface area (Å²) in [6.45, 7) is 5.79. The molecule has 25 heavy (non-hydrogen) atoms. The van der Waals surface area contributed by atoms with Crippen LogP contribution in [-0.4, -0.2) is 60.7 Å². The molecule has 0 aliphatic carbocycles. The van der Waals surface area contributed by atoms with E-state index in [1.807, 2.05) is 36.2 Å². The Morgan fingerprint density at radius 1 is 1.20 bits per heavy atom. The van der Waals surface area contributed by atoms with Gasteiger partial charge in [0, 0.05) is 52.2 Å². The minimum atomic E-state index is -0.0595. The third-order valence-electron chi connectivity index (χ3n) is 4.47. The number of hydrogen-bond donors (Lipinski definition) is 1. The van der Waals surface area contributed by atoms with E-state index in [2.05, 4.69) is 32.0 Å². The van der Waals surface area contributed by atoms with E-state index >= 15 is 0 Å². The fourth-order valence-corrected chi connectivity index (χ4v) is 2.87. The Kier molecular flexibility index (Phi) is 5.33. The molecule has 7 nitrogen and oxygen atoms in total. The minimum Gasteiger partial charge on any atom is -0.373 e. The summed E-state index contributed by atoms with van der Waals surface area (Å²) < 4.78 is 0. The predicted octanol–water partition coefficient (Wildman–Crippen LogP) is 2.29. The number of carbonyl (C=O) groups excluding carboxylic acids is 1. The Bertz CT molecular complexity index is 700. The number of benzene rings is 1. The molecular formula is C18H24N6O. The van der Waals surface area contributed by atoms with Crippen LogP contribution in [0.15, 0.2) is 42.9 Å². The van der Waals surface area contributed by atoms with Crippen molar-refractivity contribution in [3.05, 3.63) is 42.9 Å². The Balaban J connectivity index is 1.60. The normalized spacial score (nSPS) is 14.3. The SMILES string of the molecule is CCN(C)c1ccccc1NC(=O)N1CCN(c2cnccn2)CC1. The second-order valence-corrected chi connectivity index (χ2v) is 6.00. The zero-order valence-electron chi connectivity index (χ0n) is 14.7. The Morgan fingerprint density at radius 3 is 2.64 bits per heavy atom. The van der Waals surface area contributed by atoms with Gasteiger partial charge in [0.1, 0.15) is 5.82 Å². The van der Waals surface area contributed by atoms with E-state index in [4.69, 9.17) is 0 Å². The third-order valence-corrected chi connectivity index (χ3v) is 4.47. The van der Waals surface area contributed by atoms with Crippen molar-refractivity contribution >= 4 is 23.2 Å². The van der Waals surface area contributed by atoms with E-state index in [1.54, 1.807) is 18.6 Å². The highest BCUT2D eigenvalue weighted by Gasteiger charge is 2.22. The molecule has 3 rings (SSSR count). The van der Waals surface area contributed by atoms with E-state index in [0.717, 1.165) is 36.8 Å². The van der Waals surface area contributed by atoms with Crippen LogP contribution in [0.25, 0.3) is 0 Å². The van der Waals surface area contributed by atoms with Gasteiger partial charge in [-0.1, -0.05) is 12.1 Å². The highest BCUT2D eigenvalue weighted by atomic mass is 16.2. The van der Waals surface area contributed by atoms with Gasteiger partial charge in [-0.15, -0.1) is 0 Å². The topological polar surface area (TPSA) is 64.6 Å². The molecule has 7 heteroatoms. The van der Waals surface area contributed by atoms with Gasteiger partial charge in [0.05, 0.1) is 17.6 Å². The lowest BCUT2D eigenvalue weighted by Gasteiger charge is -2.35. The highest BCUT2D eigenvalue weighted by molar-refractivity contribution is 5.93. The molecular weight excluding hydrogens is 316 g/mol. The van der Waals surface area contributed by atoms with Gasteiger partial charge in [0.25, 0.3) is 0 Å². The summed E-state index contributed by atoms with van der Waals surface area (Å²) in [4.78, 5) is 27.1. The summed E-state index contributed by atoms with van der Waals surface area (Å²) in [7, 11) is 2.02. The summed E-state index contributed by atoms with van der Waals surface area (Å²) in [6.07, 6.45) is 5.11. The molecule has 1 aromatic heterocycles. The van der Waals surface area contributed by atoms with E-state index in [9.17, 15) is 4.79 Å². The molecule has 1 aromatic carbocycles. The molecule has 132 valence electrons. The molecule has 1 aliphatic rings. The van der Waals surface area contributed by atoms with E-state index in [1.165, 1.54) is 0 Å². The quantitative estimate of drug-likeness (QED) is 0.925. The lowest BCUT2D eigenvalue weighted by molar-refractivity contribution is 0.208. The van der Waals surface area contributed by atoms with Crippen molar-refractivity contribution in [3.63, 3.8) is 0 Å². The lowest BCUT2D eigenvalue weighted by atomic mass is 10.2. The first-order chi connectivity index (χ1) is 12.2. The van der Waals surface area contributed by atoms with E-state index in [-0.39, 0.29) is 6.03 Å². The number of rotatable bonds is 4. The third kappa shape index (κ3) is 3.99. The lowest BCUT2D eigenvalue weighted by Crippen LogP contribution is -2.50. The fraction of sp³-hybridized carbons (Fsp3) is 0.389. The van der Waals surface area contributed by atoms with Gasteiger partial charge in [-0.05, 0) is 19.1 Å². The maximum Gasteiger partial charge on any atom is 0.322 e. The van der Waals surface area contributed by atoms with Crippen molar-refractivity contribution < 1.29 is 4.79 Å². The number of nitrogens with one attached hydrogen (secondary N) is 1. The average Bonchev–Trinajstić information content (AvgIpc) is 2.68. The first-order valence-electron chi connectivity index (χ1n) is 8.56. The minimum absolute atomic E-state index is 0.0595. The zero-order chi connectivity index (χ0) is 17.6. The van der Waals surface area contributed by atoms with Crippen molar-refractivity contribution in [1.82, 2.24) is 14.9 Å². The van der Waals surface area contributed by atoms with Crippen molar-refractivity contribution in [2.24, 2.45) is 0 Å². The maximum atomic E-state index is 12.6. The number of anilines is 3. The predicted molar refractivity (Wildman–Crippen MR) is 100 cm³/mol. The molecule has 1 fully saturated rings. The van der Waals surface area contributed by atoms with Crippen LogP contribution in [0, 0.1) is 0 Å². The second kappa shape index (κ2) is 7.83. The largest absolute Gasteiger partial charge is 0.373 e. The summed E-state index contributed by atoms with van der Waals surface area (Å²) in [5.74, 6) is 0.859. The number of piperazine rings is 1. The summed E-state index contributed by atoms with van der Waals surface area (Å²) in [5, 5.41) is 3.05. The first-order valence-corrected chi connectivity index (χ1v) is 8.56. The average molecular weight is 340 g/mol. The van der Waals surface area contributed by atoms with E-state index < -0.39 is 0 Å². The molecule has 0 radical (unpaired) electrons. The number of aromatic nitrogens is 2. The van der Waals surface area contributed by atoms with Crippen LogP contribution in [-0.2, 0) is 0 Å². The zero-order valence-corrected chi connectivity index (χ0v) is 14.7. The van der Waals surface area contributed by atoms with Crippen LogP contribution in [0.2, 0.25) is 0 Å². The summed E-state index contributed by atoms with van der Waals surface area (Å²) >= 11 is 0. The van der Waals surface area contributed by atoms with E-state index in [0.29, 0.717) is 13.1 Å². The summed E-state index contributed by atoms with van der Waals surface area (Å²) in [6, 6.07) is 7.82. The van der Waals surface area contributed by atoms with Crippen LogP contribution >= 0.6 is 0 Å². The molecule has 0 atom stereocenters. The van der Waals surface area contributed by atoms with Gasteiger partial charge in [-0.2, -0.15) is 0 Å². The van der Waals surface area contributed by atoms with Gasteiger partial charge in [-0.25, -0.2) is 9.78 Å². The van der Waals surface area contributed by atoms with Crippen molar-refractivity contribution in [2.75, 3.05) is 54.9 Å². The fourth-order valence-electron chi connectivity index (χ4n) is 2.87. The molecule has 2 amide bonds. The molecule has 1 aliphatic heterocycles. The van der Waals surface area contributed by atoms with Crippen molar-refractivity contribution in [1.29, 1.82) is 0 Å². The monoisotopic (exact) mass is 340 g/mol. The van der Waals surface area contributed by atoms with Gasteiger partial charge in [0.2, 0.25) is 0 Å². The smallest absolute Gasteiger partial charge is 0.322 e. The Morgan fingerprint density at radius 2 is 1.96 bits per heavy atom. The molecule has 0 unspecified atom stereocenters. The standard InChI is InChI=1S/C18H24N6O/c1-3-22(2)16-7-5-4-6-15(16)21-18(25)24-12-10-23(11-13-24)17-14-19-8-9-20-17/h4-9,14H,3,10-13H2,1-2H3,(H,21,25). The highest BCUT2D eigenvalue weighted by Crippen LogP contribution is 2.25. The Hall–Kier alpha value is -2.83. The summed E-state index contributed by atoms with van der Waals surface area (Å²) in [5.41, 5.74) is 1.87. The number of amides is 2. The van der Waals surface area contributed by atoms with Gasteiger partial charge < -0.3 is 20.0 Å². The second-order valence-electron chi connectivity index (χ2n) is 6.00.